The Morgan fingerprint density at radius 1 is 1.07 bits per heavy atom. The van der Waals surface area contributed by atoms with E-state index < -0.39 is 10.0 Å². The lowest BCUT2D eigenvalue weighted by molar-refractivity contribution is -0.885. The molecule has 1 unspecified atom stereocenters. The maximum atomic E-state index is 12.5. The van der Waals surface area contributed by atoms with Gasteiger partial charge in [0.25, 0.3) is 5.91 Å². The Bertz CT molecular complexity index is 897. The van der Waals surface area contributed by atoms with Gasteiger partial charge in [0.1, 0.15) is 6.54 Å². The van der Waals surface area contributed by atoms with Gasteiger partial charge in [0, 0.05) is 29.4 Å². The van der Waals surface area contributed by atoms with E-state index in [4.69, 9.17) is 11.6 Å². The maximum Gasteiger partial charge on any atom is 0.279 e. The van der Waals surface area contributed by atoms with Crippen molar-refractivity contribution in [2.45, 2.75) is 25.3 Å². The Labute approximate surface area is 172 Å². The van der Waals surface area contributed by atoms with Crippen molar-refractivity contribution in [1.82, 2.24) is 4.31 Å². The SMILES string of the molecule is CCN(CC)S(=O)(=O)c1ccc(NC(=O)C[NH+](C)Cc2ccccc2Cl)cc1. The molecule has 2 aromatic rings. The van der Waals surface area contributed by atoms with Gasteiger partial charge in [-0.1, -0.05) is 43.6 Å². The number of anilines is 1. The molecule has 0 heterocycles. The number of carbonyl (C=O) groups is 1. The third-order valence-corrected chi connectivity index (χ3v) is 6.83. The lowest BCUT2D eigenvalue weighted by Gasteiger charge is -2.18. The molecule has 2 aromatic carbocycles. The van der Waals surface area contributed by atoms with Gasteiger partial charge in [0.05, 0.1) is 11.9 Å². The first-order valence-corrected chi connectivity index (χ1v) is 11.0. The molecule has 0 aliphatic carbocycles. The van der Waals surface area contributed by atoms with Gasteiger partial charge in [-0.25, -0.2) is 8.42 Å². The third-order valence-electron chi connectivity index (χ3n) is 4.39. The summed E-state index contributed by atoms with van der Waals surface area (Å²) in [6.07, 6.45) is 0. The molecule has 0 saturated carbocycles. The fraction of sp³-hybridized carbons (Fsp3) is 0.350. The molecule has 0 aromatic heterocycles. The van der Waals surface area contributed by atoms with Crippen LogP contribution in [0.2, 0.25) is 5.02 Å². The number of carbonyl (C=O) groups excluding carboxylic acids is 1. The second-order valence-corrected chi connectivity index (χ2v) is 8.91. The van der Waals surface area contributed by atoms with E-state index in [1.807, 2.05) is 31.3 Å². The van der Waals surface area contributed by atoms with Gasteiger partial charge in [0.15, 0.2) is 6.54 Å². The number of benzene rings is 2. The number of halogens is 1. The van der Waals surface area contributed by atoms with Crippen LogP contribution >= 0.6 is 11.6 Å². The van der Waals surface area contributed by atoms with Crippen molar-refractivity contribution >= 4 is 33.2 Å². The highest BCUT2D eigenvalue weighted by Gasteiger charge is 2.21. The molecule has 0 aliphatic heterocycles. The van der Waals surface area contributed by atoms with Crippen LogP contribution in [0.3, 0.4) is 0 Å². The van der Waals surface area contributed by atoms with Gasteiger partial charge < -0.3 is 10.2 Å². The van der Waals surface area contributed by atoms with E-state index in [0.29, 0.717) is 30.3 Å². The van der Waals surface area contributed by atoms with Gasteiger partial charge in [-0.15, -0.1) is 0 Å². The molecule has 152 valence electrons. The quantitative estimate of drug-likeness (QED) is 0.647. The van der Waals surface area contributed by atoms with Crippen LogP contribution in [0.25, 0.3) is 0 Å². The van der Waals surface area contributed by atoms with Gasteiger partial charge >= 0.3 is 0 Å². The molecule has 8 heteroatoms. The number of amides is 1. The first kappa shape index (κ1) is 22.4. The van der Waals surface area contributed by atoms with E-state index in [0.717, 1.165) is 10.5 Å². The zero-order valence-corrected chi connectivity index (χ0v) is 18.0. The second-order valence-electron chi connectivity index (χ2n) is 6.56. The number of likely N-dealkylation sites (N-methyl/N-ethyl adjacent to an activating group) is 1. The van der Waals surface area contributed by atoms with E-state index in [1.165, 1.54) is 16.4 Å². The summed E-state index contributed by atoms with van der Waals surface area (Å²) in [6, 6.07) is 13.8. The Balaban J connectivity index is 1.96. The number of nitrogens with one attached hydrogen (secondary N) is 2. The summed E-state index contributed by atoms with van der Waals surface area (Å²) in [5.41, 5.74) is 1.55. The van der Waals surface area contributed by atoms with Crippen LogP contribution in [-0.2, 0) is 21.4 Å². The number of hydrogen-bond acceptors (Lipinski definition) is 3. The molecular formula is C20H27ClN3O3S+. The van der Waals surface area contributed by atoms with Gasteiger partial charge in [-0.05, 0) is 30.3 Å². The minimum absolute atomic E-state index is 0.149. The molecule has 1 atom stereocenters. The van der Waals surface area contributed by atoms with Gasteiger partial charge in [-0.2, -0.15) is 4.31 Å². The first-order chi connectivity index (χ1) is 13.3. The van der Waals surface area contributed by atoms with Crippen molar-refractivity contribution in [2.75, 3.05) is 32.0 Å². The van der Waals surface area contributed by atoms with Crippen LogP contribution in [0.5, 0.6) is 0 Å². The Kier molecular flexibility index (Phi) is 8.00. The summed E-state index contributed by atoms with van der Waals surface area (Å²) in [6.45, 7) is 5.34. The summed E-state index contributed by atoms with van der Waals surface area (Å²) >= 11 is 6.16. The summed E-state index contributed by atoms with van der Waals surface area (Å²) in [5.74, 6) is -0.149. The van der Waals surface area contributed by atoms with E-state index in [-0.39, 0.29) is 17.3 Å². The normalized spacial score (nSPS) is 12.8. The molecular weight excluding hydrogens is 398 g/mol. The van der Waals surface area contributed by atoms with Crippen molar-refractivity contribution < 1.29 is 18.1 Å². The molecule has 2 rings (SSSR count). The number of quaternary nitrogens is 1. The Morgan fingerprint density at radius 2 is 1.68 bits per heavy atom. The highest BCUT2D eigenvalue weighted by atomic mass is 35.5. The smallest absolute Gasteiger partial charge is 0.279 e. The summed E-state index contributed by atoms with van der Waals surface area (Å²) in [4.78, 5) is 13.5. The molecule has 28 heavy (non-hydrogen) atoms. The van der Waals surface area contributed by atoms with Crippen molar-refractivity contribution in [3.05, 3.63) is 59.1 Å². The van der Waals surface area contributed by atoms with E-state index in [9.17, 15) is 13.2 Å². The predicted molar refractivity (Wildman–Crippen MR) is 112 cm³/mol. The Morgan fingerprint density at radius 3 is 2.25 bits per heavy atom. The third kappa shape index (κ3) is 5.78. The van der Waals surface area contributed by atoms with Crippen LogP contribution in [-0.4, -0.2) is 45.3 Å². The molecule has 1 amide bonds. The molecule has 0 radical (unpaired) electrons. The average molecular weight is 425 g/mol. The lowest BCUT2D eigenvalue weighted by Crippen LogP contribution is -3.08. The van der Waals surface area contributed by atoms with Crippen LogP contribution in [0, 0.1) is 0 Å². The maximum absolute atomic E-state index is 12.5. The number of sulfonamides is 1. The molecule has 0 aliphatic rings. The van der Waals surface area contributed by atoms with Gasteiger partial charge in [-0.3, -0.25) is 4.79 Å². The fourth-order valence-corrected chi connectivity index (χ4v) is 4.59. The monoisotopic (exact) mass is 424 g/mol. The van der Waals surface area contributed by atoms with Crippen LogP contribution < -0.4 is 10.2 Å². The van der Waals surface area contributed by atoms with Crippen LogP contribution in [0.4, 0.5) is 5.69 Å². The van der Waals surface area contributed by atoms with E-state index in [2.05, 4.69) is 5.32 Å². The predicted octanol–water partition coefficient (Wildman–Crippen LogP) is 2.02. The Hall–Kier alpha value is -1.93. The summed E-state index contributed by atoms with van der Waals surface area (Å²) in [7, 11) is -1.58. The summed E-state index contributed by atoms with van der Waals surface area (Å²) in [5, 5.41) is 3.50. The van der Waals surface area contributed by atoms with Crippen molar-refractivity contribution in [3.63, 3.8) is 0 Å². The van der Waals surface area contributed by atoms with E-state index >= 15 is 0 Å². The lowest BCUT2D eigenvalue weighted by atomic mass is 10.2. The van der Waals surface area contributed by atoms with Crippen molar-refractivity contribution in [1.29, 1.82) is 0 Å². The number of nitrogens with zero attached hydrogens (tertiary/aromatic N) is 1. The van der Waals surface area contributed by atoms with Crippen molar-refractivity contribution in [2.24, 2.45) is 0 Å². The van der Waals surface area contributed by atoms with Crippen LogP contribution in [0.1, 0.15) is 19.4 Å². The molecule has 0 fully saturated rings. The van der Waals surface area contributed by atoms with Gasteiger partial charge in [0.2, 0.25) is 10.0 Å². The van der Waals surface area contributed by atoms with Crippen molar-refractivity contribution in [3.8, 4) is 0 Å². The molecule has 2 N–H and O–H groups in total. The molecule has 0 spiro atoms. The first-order valence-electron chi connectivity index (χ1n) is 9.22. The zero-order valence-electron chi connectivity index (χ0n) is 16.4. The zero-order chi connectivity index (χ0) is 20.7. The van der Waals surface area contributed by atoms with Crippen LogP contribution in [0.15, 0.2) is 53.4 Å². The number of rotatable bonds is 9. The molecule has 0 saturated heterocycles. The second kappa shape index (κ2) is 10.0. The highest BCUT2D eigenvalue weighted by Crippen LogP contribution is 2.18. The topological polar surface area (TPSA) is 70.9 Å². The summed E-state index contributed by atoms with van der Waals surface area (Å²) < 4.78 is 26.4. The molecule has 0 bridgehead atoms. The highest BCUT2D eigenvalue weighted by molar-refractivity contribution is 7.89. The standard InChI is InChI=1S/C20H26ClN3O3S/c1-4-24(5-2)28(26,27)18-12-10-17(11-13-18)22-20(25)15-23(3)14-16-8-6-7-9-19(16)21/h6-13H,4-5,14-15H2,1-3H3,(H,22,25)/p+1. The fourth-order valence-electron chi connectivity index (χ4n) is 2.93. The number of hydrogen-bond donors (Lipinski definition) is 2. The van der Waals surface area contributed by atoms with E-state index in [1.54, 1.807) is 26.0 Å². The minimum atomic E-state index is -3.50. The molecule has 6 nitrogen and oxygen atoms in total. The minimum Gasteiger partial charge on any atom is -0.326 e. The average Bonchev–Trinajstić information content (AvgIpc) is 2.64. The largest absolute Gasteiger partial charge is 0.326 e.